The summed E-state index contributed by atoms with van der Waals surface area (Å²) in [5.74, 6) is 1.70. The molecular formula is C25H33N7O3. The zero-order valence-electron chi connectivity index (χ0n) is 20.6. The molecule has 4 heterocycles. The highest BCUT2D eigenvalue weighted by atomic mass is 16.5. The fourth-order valence-electron chi connectivity index (χ4n) is 5.15. The highest BCUT2D eigenvalue weighted by Crippen LogP contribution is 2.38. The van der Waals surface area contributed by atoms with Crippen LogP contribution in [0.15, 0.2) is 24.4 Å². The van der Waals surface area contributed by atoms with Crippen LogP contribution in [0.5, 0.6) is 5.75 Å². The number of nitrogens with one attached hydrogen (secondary N) is 2. The Kier molecular flexibility index (Phi) is 6.46. The molecule has 1 atom stereocenters. The molecule has 0 spiro atoms. The van der Waals surface area contributed by atoms with Crippen molar-refractivity contribution in [1.82, 2.24) is 20.2 Å². The molecule has 186 valence electrons. The lowest BCUT2D eigenvalue weighted by molar-refractivity contribution is -0.118. The van der Waals surface area contributed by atoms with Gasteiger partial charge in [0, 0.05) is 37.7 Å². The van der Waals surface area contributed by atoms with Crippen LogP contribution in [0.3, 0.4) is 0 Å². The first kappa shape index (κ1) is 23.3. The second kappa shape index (κ2) is 9.69. The normalized spacial score (nSPS) is 20.8. The van der Waals surface area contributed by atoms with Gasteiger partial charge in [0.25, 0.3) is 5.91 Å². The minimum atomic E-state index is -0.0986. The number of methoxy groups -OCH3 is 1. The van der Waals surface area contributed by atoms with Crippen LogP contribution < -0.4 is 25.2 Å². The van der Waals surface area contributed by atoms with Gasteiger partial charge in [-0.2, -0.15) is 4.98 Å². The number of likely N-dealkylation sites (tertiary alicyclic amines) is 1. The molecule has 2 N–H and O–H groups in total. The average molecular weight is 480 g/mol. The Hall–Kier alpha value is -3.40. The molecule has 2 saturated heterocycles. The van der Waals surface area contributed by atoms with Crippen molar-refractivity contribution in [3.8, 4) is 5.75 Å². The average Bonchev–Trinajstić information content (AvgIpc) is 3.29. The molecular weight excluding hydrogens is 446 g/mol. The molecule has 0 bridgehead atoms. The summed E-state index contributed by atoms with van der Waals surface area (Å²) in [4.78, 5) is 40.8. The Morgan fingerprint density at radius 3 is 2.71 bits per heavy atom. The lowest BCUT2D eigenvalue weighted by Gasteiger charge is -2.29. The van der Waals surface area contributed by atoms with Crippen molar-refractivity contribution in [2.75, 3.05) is 56.0 Å². The van der Waals surface area contributed by atoms with Crippen LogP contribution in [0.2, 0.25) is 0 Å². The molecule has 0 saturated carbocycles. The second-order valence-electron chi connectivity index (χ2n) is 9.64. The zero-order valence-corrected chi connectivity index (χ0v) is 20.6. The van der Waals surface area contributed by atoms with Crippen molar-refractivity contribution >= 4 is 35.0 Å². The number of fused-ring (bicyclic) bond motifs is 3. The smallest absolute Gasteiger partial charge is 0.251 e. The maximum absolute atomic E-state index is 12.8. The van der Waals surface area contributed by atoms with Crippen molar-refractivity contribution in [3.63, 3.8) is 0 Å². The lowest BCUT2D eigenvalue weighted by atomic mass is 10.0. The molecule has 2 aromatic rings. The number of amides is 2. The van der Waals surface area contributed by atoms with Gasteiger partial charge in [-0.05, 0) is 64.0 Å². The summed E-state index contributed by atoms with van der Waals surface area (Å²) in [7, 11) is 5.45. The third-order valence-electron chi connectivity index (χ3n) is 7.31. The maximum Gasteiger partial charge on any atom is 0.251 e. The predicted molar refractivity (Wildman–Crippen MR) is 135 cm³/mol. The van der Waals surface area contributed by atoms with Crippen LogP contribution in [0.1, 0.15) is 42.5 Å². The van der Waals surface area contributed by atoms with Gasteiger partial charge in [-0.15, -0.1) is 0 Å². The molecule has 10 nitrogen and oxygen atoms in total. The number of hydrogen-bond donors (Lipinski definition) is 2. The third-order valence-corrected chi connectivity index (χ3v) is 7.31. The molecule has 35 heavy (non-hydrogen) atoms. The highest BCUT2D eigenvalue weighted by molar-refractivity contribution is 5.98. The van der Waals surface area contributed by atoms with E-state index in [9.17, 15) is 9.59 Å². The fraction of sp³-hybridized carbons (Fsp3) is 0.520. The van der Waals surface area contributed by atoms with E-state index < -0.39 is 0 Å². The Balaban J connectivity index is 1.35. The number of ether oxygens (including phenoxy) is 1. The van der Waals surface area contributed by atoms with E-state index in [0.29, 0.717) is 29.4 Å². The van der Waals surface area contributed by atoms with Crippen molar-refractivity contribution in [3.05, 3.63) is 30.0 Å². The number of rotatable bonds is 5. The van der Waals surface area contributed by atoms with E-state index in [1.165, 1.54) is 0 Å². The van der Waals surface area contributed by atoms with Gasteiger partial charge in [0.2, 0.25) is 11.9 Å². The molecule has 10 heteroatoms. The van der Waals surface area contributed by atoms with Gasteiger partial charge in [-0.25, -0.2) is 4.98 Å². The van der Waals surface area contributed by atoms with Crippen molar-refractivity contribution in [2.24, 2.45) is 0 Å². The first-order valence-corrected chi connectivity index (χ1v) is 12.3. The van der Waals surface area contributed by atoms with Crippen molar-refractivity contribution in [1.29, 1.82) is 0 Å². The minimum Gasteiger partial charge on any atom is -0.495 e. The van der Waals surface area contributed by atoms with E-state index in [-0.39, 0.29) is 23.9 Å². The van der Waals surface area contributed by atoms with Crippen LogP contribution in [0, 0.1) is 0 Å². The molecule has 0 aliphatic carbocycles. The summed E-state index contributed by atoms with van der Waals surface area (Å²) < 4.78 is 5.58. The molecule has 1 aromatic carbocycles. The molecule has 1 aromatic heterocycles. The highest BCUT2D eigenvalue weighted by Gasteiger charge is 2.35. The summed E-state index contributed by atoms with van der Waals surface area (Å²) in [6.45, 7) is 2.85. The monoisotopic (exact) mass is 479 g/mol. The first-order valence-electron chi connectivity index (χ1n) is 12.3. The number of anilines is 4. The van der Waals surface area contributed by atoms with Gasteiger partial charge in [0.15, 0.2) is 5.82 Å². The summed E-state index contributed by atoms with van der Waals surface area (Å²) in [6, 6.07) is 5.69. The van der Waals surface area contributed by atoms with Gasteiger partial charge in [-0.1, -0.05) is 0 Å². The minimum absolute atomic E-state index is 0.0840. The van der Waals surface area contributed by atoms with E-state index in [4.69, 9.17) is 9.72 Å². The molecule has 3 aliphatic heterocycles. The third kappa shape index (κ3) is 4.75. The molecule has 2 amide bonds. The van der Waals surface area contributed by atoms with Gasteiger partial charge < -0.3 is 30.1 Å². The molecule has 0 unspecified atom stereocenters. The fourth-order valence-corrected chi connectivity index (χ4v) is 5.15. The Morgan fingerprint density at radius 2 is 1.94 bits per heavy atom. The first-order chi connectivity index (χ1) is 16.9. The number of aromatic nitrogens is 2. The van der Waals surface area contributed by atoms with Crippen LogP contribution in [-0.4, -0.2) is 79.6 Å². The molecule has 2 fully saturated rings. The quantitative estimate of drug-likeness (QED) is 0.674. The zero-order chi connectivity index (χ0) is 24.5. The van der Waals surface area contributed by atoms with Gasteiger partial charge in [0.05, 0.1) is 19.0 Å². The van der Waals surface area contributed by atoms with Crippen molar-refractivity contribution in [2.45, 2.75) is 44.2 Å². The van der Waals surface area contributed by atoms with E-state index in [0.717, 1.165) is 56.8 Å². The van der Waals surface area contributed by atoms with Crippen LogP contribution in [0.4, 0.5) is 23.1 Å². The topological polar surface area (TPSA) is 103 Å². The van der Waals surface area contributed by atoms with Gasteiger partial charge in [0.1, 0.15) is 11.4 Å². The Morgan fingerprint density at radius 1 is 1.14 bits per heavy atom. The lowest BCUT2D eigenvalue weighted by Crippen LogP contribution is -2.43. The summed E-state index contributed by atoms with van der Waals surface area (Å²) in [5.41, 5.74) is 1.94. The number of piperidine rings is 1. The van der Waals surface area contributed by atoms with Crippen LogP contribution >= 0.6 is 0 Å². The van der Waals surface area contributed by atoms with E-state index in [1.807, 2.05) is 6.07 Å². The SMILES string of the molecule is COc1cc(C(=O)NC2CCN(C)CC2)ccc1Nc1ncc2c(n1)N1CCC[C@H]1CC(=O)N2C. The van der Waals surface area contributed by atoms with Crippen LogP contribution in [0.25, 0.3) is 0 Å². The summed E-state index contributed by atoms with van der Waals surface area (Å²) in [5, 5.41) is 6.38. The summed E-state index contributed by atoms with van der Waals surface area (Å²) >= 11 is 0. The molecule has 5 rings (SSSR count). The number of nitrogens with zero attached hydrogens (tertiary/aromatic N) is 5. The second-order valence-corrected chi connectivity index (χ2v) is 9.64. The molecule has 0 radical (unpaired) electrons. The Labute approximate surface area is 205 Å². The predicted octanol–water partition coefficient (Wildman–Crippen LogP) is 2.39. The summed E-state index contributed by atoms with van der Waals surface area (Å²) in [6.07, 6.45) is 6.12. The van der Waals surface area contributed by atoms with Crippen LogP contribution in [-0.2, 0) is 4.79 Å². The van der Waals surface area contributed by atoms with E-state index in [2.05, 4.69) is 32.5 Å². The number of carbonyl (C=O) groups excluding carboxylic acids is 2. The molecule has 3 aliphatic rings. The number of carbonyl (C=O) groups is 2. The number of hydrogen-bond acceptors (Lipinski definition) is 8. The van der Waals surface area contributed by atoms with Gasteiger partial charge >= 0.3 is 0 Å². The van der Waals surface area contributed by atoms with E-state index in [1.54, 1.807) is 37.4 Å². The Bertz CT molecular complexity index is 1120. The maximum atomic E-state index is 12.8. The van der Waals surface area contributed by atoms with Gasteiger partial charge in [-0.3, -0.25) is 9.59 Å². The van der Waals surface area contributed by atoms with E-state index >= 15 is 0 Å². The largest absolute Gasteiger partial charge is 0.495 e. The van der Waals surface area contributed by atoms with Crippen molar-refractivity contribution < 1.29 is 14.3 Å². The standard InChI is InChI=1S/C25H33N7O3/c1-30-11-8-17(9-12-30)27-24(34)16-6-7-19(21(13-16)35-3)28-25-26-15-20-23(29-25)32-10-4-5-18(32)14-22(33)31(20)2/h6-7,13,15,17-18H,4-5,8-12,14H2,1-3H3,(H,27,34)(H,26,28,29)/t18-/m0/s1. The number of benzene rings is 1.